The molecule has 152 valence electrons. The Morgan fingerprint density at radius 3 is 2.69 bits per heavy atom. The van der Waals surface area contributed by atoms with E-state index in [9.17, 15) is 9.59 Å². The Bertz CT molecular complexity index is 1110. The van der Waals surface area contributed by atoms with Crippen LogP contribution in [-0.4, -0.2) is 34.8 Å². The Morgan fingerprint density at radius 2 is 1.97 bits per heavy atom. The Balaban J connectivity index is 1.91. The van der Waals surface area contributed by atoms with Crippen LogP contribution in [0.4, 0.5) is 0 Å². The van der Waals surface area contributed by atoms with Gasteiger partial charge in [0.2, 0.25) is 0 Å². The number of rotatable bonds is 8. The van der Waals surface area contributed by atoms with E-state index in [1.54, 1.807) is 29.9 Å². The largest absolute Gasteiger partial charge is 0.385 e. The molecule has 29 heavy (non-hydrogen) atoms. The minimum Gasteiger partial charge on any atom is -0.385 e. The van der Waals surface area contributed by atoms with Gasteiger partial charge in [-0.25, -0.2) is 4.98 Å². The molecule has 0 fully saturated rings. The van der Waals surface area contributed by atoms with Gasteiger partial charge in [0.25, 0.3) is 5.56 Å². The van der Waals surface area contributed by atoms with Crippen molar-refractivity contribution in [2.45, 2.75) is 32.0 Å². The SMILES string of the molecule is COCCCn1c(SCC(=O)c2ccc(C)c(C)c2)nc2cc(Cl)ccc2c1=O. The van der Waals surface area contributed by atoms with Gasteiger partial charge in [-0.2, -0.15) is 0 Å². The number of carbonyl (C=O) groups excluding carboxylic acids is 1. The van der Waals surface area contributed by atoms with Gasteiger partial charge in [0.1, 0.15) is 0 Å². The fourth-order valence-corrected chi connectivity index (χ4v) is 4.06. The Morgan fingerprint density at radius 1 is 1.17 bits per heavy atom. The van der Waals surface area contributed by atoms with E-state index in [-0.39, 0.29) is 17.1 Å². The van der Waals surface area contributed by atoms with Crippen LogP contribution in [0.1, 0.15) is 27.9 Å². The third kappa shape index (κ3) is 5.07. The number of hydrogen-bond acceptors (Lipinski definition) is 5. The molecule has 0 amide bonds. The van der Waals surface area contributed by atoms with Gasteiger partial charge in [0.05, 0.1) is 16.7 Å². The first-order valence-electron chi connectivity index (χ1n) is 9.33. The van der Waals surface area contributed by atoms with Crippen LogP contribution in [-0.2, 0) is 11.3 Å². The van der Waals surface area contributed by atoms with E-state index in [1.165, 1.54) is 11.8 Å². The normalized spacial score (nSPS) is 11.2. The third-order valence-electron chi connectivity index (χ3n) is 4.77. The highest BCUT2D eigenvalue weighted by atomic mass is 35.5. The van der Waals surface area contributed by atoms with E-state index < -0.39 is 0 Å². The number of aryl methyl sites for hydroxylation is 2. The third-order valence-corrected chi connectivity index (χ3v) is 5.99. The molecule has 0 bridgehead atoms. The summed E-state index contributed by atoms with van der Waals surface area (Å²) in [5.74, 6) is 0.202. The standard InChI is InChI=1S/C22H23ClN2O3S/c1-14-5-6-16(11-15(14)2)20(26)13-29-22-24-19-12-17(23)7-8-18(19)21(27)25(22)9-4-10-28-3/h5-8,11-12H,4,9-10,13H2,1-3H3. The molecule has 0 N–H and O–H groups in total. The fourth-order valence-electron chi connectivity index (χ4n) is 2.98. The number of hydrogen-bond donors (Lipinski definition) is 0. The van der Waals surface area contributed by atoms with E-state index in [0.717, 1.165) is 11.1 Å². The molecule has 0 unspecified atom stereocenters. The first-order chi connectivity index (χ1) is 13.9. The first kappa shape index (κ1) is 21.6. The average Bonchev–Trinajstić information content (AvgIpc) is 2.70. The number of Topliss-reactive ketones (excluding diaryl/α,β-unsaturated/α-hetero) is 1. The second kappa shape index (κ2) is 9.57. The maximum atomic E-state index is 13.0. The molecule has 1 heterocycles. The number of fused-ring (bicyclic) bond motifs is 1. The maximum absolute atomic E-state index is 13.0. The molecule has 7 heteroatoms. The second-order valence-electron chi connectivity index (χ2n) is 6.87. The summed E-state index contributed by atoms with van der Waals surface area (Å²) in [6.45, 7) is 5.01. The van der Waals surface area contributed by atoms with Gasteiger partial charge in [-0.1, -0.05) is 35.5 Å². The van der Waals surface area contributed by atoms with Crippen molar-refractivity contribution in [2.24, 2.45) is 0 Å². The molecule has 0 aliphatic carbocycles. The number of ketones is 1. The summed E-state index contributed by atoms with van der Waals surface area (Å²) in [5, 5.41) is 1.54. The topological polar surface area (TPSA) is 61.2 Å². The summed E-state index contributed by atoms with van der Waals surface area (Å²) in [6.07, 6.45) is 0.676. The van der Waals surface area contributed by atoms with Crippen molar-refractivity contribution < 1.29 is 9.53 Å². The summed E-state index contributed by atoms with van der Waals surface area (Å²) < 4.78 is 6.73. The minimum atomic E-state index is -0.135. The highest BCUT2D eigenvalue weighted by molar-refractivity contribution is 7.99. The van der Waals surface area contributed by atoms with Crippen LogP contribution in [0.3, 0.4) is 0 Å². The van der Waals surface area contributed by atoms with Crippen molar-refractivity contribution in [3.05, 3.63) is 68.5 Å². The molecule has 0 radical (unpaired) electrons. The summed E-state index contributed by atoms with van der Waals surface area (Å²) in [4.78, 5) is 30.3. The Labute approximate surface area is 179 Å². The predicted molar refractivity (Wildman–Crippen MR) is 118 cm³/mol. The van der Waals surface area contributed by atoms with Crippen molar-refractivity contribution >= 4 is 40.0 Å². The van der Waals surface area contributed by atoms with E-state index in [0.29, 0.717) is 46.2 Å². The lowest BCUT2D eigenvalue weighted by Crippen LogP contribution is -2.24. The molecule has 0 aliphatic rings. The smallest absolute Gasteiger partial charge is 0.262 e. The molecule has 1 aromatic heterocycles. The zero-order valence-electron chi connectivity index (χ0n) is 16.7. The predicted octanol–water partition coefficient (Wildman–Crippen LogP) is 4.68. The van der Waals surface area contributed by atoms with Crippen LogP contribution in [0.25, 0.3) is 10.9 Å². The highest BCUT2D eigenvalue weighted by Crippen LogP contribution is 2.22. The van der Waals surface area contributed by atoms with E-state index in [1.807, 2.05) is 32.0 Å². The molecule has 5 nitrogen and oxygen atoms in total. The van der Waals surface area contributed by atoms with Gasteiger partial charge in [0.15, 0.2) is 10.9 Å². The molecule has 2 aromatic carbocycles. The quantitative estimate of drug-likeness (QED) is 0.225. The molecule has 0 atom stereocenters. The van der Waals surface area contributed by atoms with Crippen LogP contribution in [0.15, 0.2) is 46.3 Å². The summed E-state index contributed by atoms with van der Waals surface area (Å²) in [5.41, 5.74) is 3.29. The van der Waals surface area contributed by atoms with Crippen LogP contribution in [0, 0.1) is 13.8 Å². The maximum Gasteiger partial charge on any atom is 0.262 e. The molecule has 0 saturated heterocycles. The number of benzene rings is 2. The van der Waals surface area contributed by atoms with Gasteiger partial charge in [0, 0.05) is 30.8 Å². The lowest BCUT2D eigenvalue weighted by molar-refractivity contribution is 0.102. The van der Waals surface area contributed by atoms with Crippen molar-refractivity contribution in [1.82, 2.24) is 9.55 Å². The second-order valence-corrected chi connectivity index (χ2v) is 8.25. The molecule has 3 aromatic rings. The van der Waals surface area contributed by atoms with Crippen LogP contribution in [0.5, 0.6) is 0 Å². The zero-order valence-corrected chi connectivity index (χ0v) is 18.3. The van der Waals surface area contributed by atoms with E-state index >= 15 is 0 Å². The highest BCUT2D eigenvalue weighted by Gasteiger charge is 2.15. The number of nitrogens with zero attached hydrogens (tertiary/aromatic N) is 2. The average molecular weight is 431 g/mol. The van der Waals surface area contributed by atoms with E-state index in [2.05, 4.69) is 4.98 Å². The molecule has 3 rings (SSSR count). The number of carbonyl (C=O) groups is 1. The summed E-state index contributed by atoms with van der Waals surface area (Å²) in [6, 6.07) is 10.7. The number of methoxy groups -OCH3 is 1. The van der Waals surface area contributed by atoms with Crippen LogP contribution in [0.2, 0.25) is 5.02 Å². The van der Waals surface area contributed by atoms with Gasteiger partial charge < -0.3 is 4.74 Å². The van der Waals surface area contributed by atoms with Crippen molar-refractivity contribution in [1.29, 1.82) is 0 Å². The van der Waals surface area contributed by atoms with Crippen molar-refractivity contribution in [3.8, 4) is 0 Å². The number of thioether (sulfide) groups is 1. The monoisotopic (exact) mass is 430 g/mol. The summed E-state index contributed by atoms with van der Waals surface area (Å²) in [7, 11) is 1.63. The minimum absolute atomic E-state index is 0.00183. The molecular formula is C22H23ClN2O3S. The molecule has 0 saturated carbocycles. The lowest BCUT2D eigenvalue weighted by atomic mass is 10.0. The Hall–Kier alpha value is -2.15. The lowest BCUT2D eigenvalue weighted by Gasteiger charge is -2.13. The fraction of sp³-hybridized carbons (Fsp3) is 0.318. The van der Waals surface area contributed by atoms with Gasteiger partial charge in [-0.15, -0.1) is 0 Å². The van der Waals surface area contributed by atoms with Crippen LogP contribution >= 0.6 is 23.4 Å². The van der Waals surface area contributed by atoms with Gasteiger partial charge >= 0.3 is 0 Å². The van der Waals surface area contributed by atoms with Gasteiger partial charge in [-0.05, 0) is 55.7 Å². The van der Waals surface area contributed by atoms with Crippen LogP contribution < -0.4 is 5.56 Å². The molecule has 0 spiro atoms. The van der Waals surface area contributed by atoms with Crippen molar-refractivity contribution in [3.63, 3.8) is 0 Å². The number of halogens is 1. The van der Waals surface area contributed by atoms with Crippen molar-refractivity contribution in [2.75, 3.05) is 19.5 Å². The molecule has 0 aliphatic heterocycles. The number of ether oxygens (including phenoxy) is 1. The molecular weight excluding hydrogens is 408 g/mol. The zero-order chi connectivity index (χ0) is 21.0. The van der Waals surface area contributed by atoms with E-state index in [4.69, 9.17) is 16.3 Å². The first-order valence-corrected chi connectivity index (χ1v) is 10.7. The summed E-state index contributed by atoms with van der Waals surface area (Å²) >= 11 is 7.35. The Kier molecular flexibility index (Phi) is 7.11. The van der Waals surface area contributed by atoms with Gasteiger partial charge in [-0.3, -0.25) is 14.2 Å². The number of aromatic nitrogens is 2.